The normalized spacial score (nSPS) is 16.6. The number of carboxylic acid groups (broad SMARTS) is 2. The van der Waals surface area contributed by atoms with Crippen molar-refractivity contribution in [3.8, 4) is 0 Å². The van der Waals surface area contributed by atoms with Gasteiger partial charge in [-0.25, -0.2) is 9.59 Å². The summed E-state index contributed by atoms with van der Waals surface area (Å²) in [5.41, 5.74) is -0.725. The molecule has 112 valence electrons. The fourth-order valence-corrected chi connectivity index (χ4v) is 1.01. The van der Waals surface area contributed by atoms with Crippen LogP contribution in [0.1, 0.15) is 13.8 Å². The average Bonchev–Trinajstić information content (AvgIpc) is 2.70. The van der Waals surface area contributed by atoms with Crippen molar-refractivity contribution < 1.29 is 93.3 Å². The van der Waals surface area contributed by atoms with Crippen molar-refractivity contribution in [1.29, 1.82) is 0 Å². The van der Waals surface area contributed by atoms with Crippen molar-refractivity contribution in [2.45, 2.75) is 19.4 Å². The van der Waals surface area contributed by atoms with Crippen molar-refractivity contribution in [1.82, 2.24) is 21.3 Å². The molecule has 6 amide bonds. The van der Waals surface area contributed by atoms with Gasteiger partial charge in [-0.3, -0.25) is 20.2 Å². The molecule has 2 aliphatic heterocycles. The molecule has 0 radical (unpaired) electrons. The van der Waals surface area contributed by atoms with Crippen molar-refractivity contribution in [2.24, 2.45) is 0 Å². The maximum Gasteiger partial charge on any atom is 1.00 e. The zero-order valence-corrected chi connectivity index (χ0v) is 16.6. The Morgan fingerprint density at radius 1 is 1.00 bits per heavy atom. The molecule has 0 aromatic carbocycles. The second-order valence-electron chi connectivity index (χ2n) is 4.01. The van der Waals surface area contributed by atoms with E-state index in [1.54, 1.807) is 13.8 Å². The van der Waals surface area contributed by atoms with Gasteiger partial charge in [0.1, 0.15) is 5.54 Å². The smallest absolute Gasteiger partial charge is 0.652 e. The second kappa shape index (κ2) is 11.7. The van der Waals surface area contributed by atoms with E-state index in [2.05, 4.69) is 16.0 Å². The Morgan fingerprint density at radius 2 is 1.45 bits per heavy atom. The number of carbonyl (C=O) groups is 5. The Bertz CT molecular complexity index is 437. The largest absolute Gasteiger partial charge is 1.00 e. The fourth-order valence-electron chi connectivity index (χ4n) is 1.01. The Balaban J connectivity index is -0.000000252. The molecule has 0 aromatic heterocycles. The number of amides is 6. The predicted octanol–water partition coefficient (Wildman–Crippen LogP) is -10.0. The molecule has 0 atom stereocenters. The molecule has 0 unspecified atom stereocenters. The van der Waals surface area contributed by atoms with Gasteiger partial charge in [0.2, 0.25) is 5.91 Å². The molecule has 11 nitrogen and oxygen atoms in total. The molecule has 4 N–H and O–H groups in total. The molecular formula is C9H12N4Na2O7. The van der Waals surface area contributed by atoms with Crippen LogP contribution in [0.3, 0.4) is 0 Å². The molecule has 2 saturated heterocycles. The average molecular weight is 334 g/mol. The molecule has 2 rings (SSSR count). The first kappa shape index (κ1) is 26.1. The summed E-state index contributed by atoms with van der Waals surface area (Å²) in [5.74, 6) is -0.530. The van der Waals surface area contributed by atoms with Gasteiger partial charge in [-0.15, -0.1) is 0 Å². The van der Waals surface area contributed by atoms with Crippen LogP contribution >= 0.6 is 0 Å². The molecule has 0 saturated carbocycles. The summed E-state index contributed by atoms with van der Waals surface area (Å²) in [4.78, 5) is 49.5. The Morgan fingerprint density at radius 3 is 1.55 bits per heavy atom. The van der Waals surface area contributed by atoms with Crippen molar-refractivity contribution in [3.63, 3.8) is 0 Å². The standard InChI is InChI=1S/C5H8N2O2.C3H4N2O2.CH2O3.2Na/c1-5(2)3(8)6-4(9)7-5;6-2-1-4-3(7)5-2;2-1(3)4;;/h1-2H3,(H2,6,7,8,9);1H2,(H2,4,5,6,7);(H2,2,3,4);;/q;;;2*+1/p-2. The van der Waals surface area contributed by atoms with Crippen LogP contribution in [-0.2, 0) is 9.59 Å². The summed E-state index contributed by atoms with van der Waals surface area (Å²) in [5, 5.41) is 25.5. The molecule has 2 aliphatic rings. The fraction of sp³-hybridized carbons (Fsp3) is 0.444. The minimum Gasteiger partial charge on any atom is -0.652 e. The van der Waals surface area contributed by atoms with E-state index < -0.39 is 23.8 Å². The van der Waals surface area contributed by atoms with Gasteiger partial charge < -0.3 is 25.6 Å². The number of hydrogen-bond donors (Lipinski definition) is 4. The van der Waals surface area contributed by atoms with Crippen LogP contribution in [0.5, 0.6) is 0 Å². The number of carbonyl (C=O) groups excluding carboxylic acids is 5. The molecule has 2 heterocycles. The van der Waals surface area contributed by atoms with Gasteiger partial charge in [0, 0.05) is 0 Å². The monoisotopic (exact) mass is 334 g/mol. The Kier molecular flexibility index (Phi) is 13.8. The molecule has 0 spiro atoms. The third-order valence-electron chi connectivity index (χ3n) is 1.88. The van der Waals surface area contributed by atoms with E-state index in [0.717, 1.165) is 0 Å². The molecular weight excluding hydrogens is 322 g/mol. The second-order valence-corrected chi connectivity index (χ2v) is 4.01. The third-order valence-corrected chi connectivity index (χ3v) is 1.88. The summed E-state index contributed by atoms with van der Waals surface area (Å²) in [6.07, 6.45) is -2.33. The molecule has 0 bridgehead atoms. The van der Waals surface area contributed by atoms with Crippen LogP contribution in [-0.4, -0.2) is 42.1 Å². The van der Waals surface area contributed by atoms with Crippen LogP contribution in [0.4, 0.5) is 14.4 Å². The SMILES string of the molecule is CC1(C)NC(=O)NC1=O.O=C([O-])[O-].O=C1CNC(=O)N1.[Na+].[Na+]. The van der Waals surface area contributed by atoms with E-state index in [0.29, 0.717) is 0 Å². The van der Waals surface area contributed by atoms with E-state index in [1.165, 1.54) is 0 Å². The first-order chi connectivity index (χ1) is 9.04. The molecule has 13 heteroatoms. The van der Waals surface area contributed by atoms with Crippen LogP contribution in [0, 0.1) is 0 Å². The molecule has 22 heavy (non-hydrogen) atoms. The number of nitrogens with one attached hydrogen (secondary N) is 4. The number of hydrogen-bond acceptors (Lipinski definition) is 7. The molecule has 0 aromatic rings. The van der Waals surface area contributed by atoms with Crippen LogP contribution in [0.2, 0.25) is 0 Å². The maximum absolute atomic E-state index is 10.7. The summed E-state index contributed by atoms with van der Waals surface area (Å²) in [6.45, 7) is 3.42. The number of imide groups is 2. The first-order valence-corrected chi connectivity index (χ1v) is 5.14. The summed E-state index contributed by atoms with van der Waals surface area (Å²) in [6, 6.07) is -0.810. The zero-order valence-electron chi connectivity index (χ0n) is 12.6. The third kappa shape index (κ3) is 11.8. The topological polar surface area (TPSA) is 180 Å². The summed E-state index contributed by atoms with van der Waals surface area (Å²) >= 11 is 0. The predicted molar refractivity (Wildman–Crippen MR) is 57.7 cm³/mol. The van der Waals surface area contributed by atoms with Gasteiger partial charge in [-0.2, -0.15) is 0 Å². The molecule has 0 aliphatic carbocycles. The van der Waals surface area contributed by atoms with Gasteiger partial charge in [0.25, 0.3) is 5.91 Å². The number of urea groups is 2. The van der Waals surface area contributed by atoms with Gasteiger partial charge in [0.05, 0.1) is 6.54 Å². The van der Waals surface area contributed by atoms with Crippen molar-refractivity contribution in [3.05, 3.63) is 0 Å². The van der Waals surface area contributed by atoms with E-state index in [-0.39, 0.29) is 77.5 Å². The van der Waals surface area contributed by atoms with Crippen LogP contribution < -0.4 is 90.6 Å². The van der Waals surface area contributed by atoms with Crippen molar-refractivity contribution in [2.75, 3.05) is 6.54 Å². The summed E-state index contributed by atoms with van der Waals surface area (Å²) < 4.78 is 0. The van der Waals surface area contributed by atoms with E-state index in [1.807, 2.05) is 5.32 Å². The van der Waals surface area contributed by atoms with E-state index in [4.69, 9.17) is 15.0 Å². The van der Waals surface area contributed by atoms with Gasteiger partial charge in [0.15, 0.2) is 0 Å². The van der Waals surface area contributed by atoms with Gasteiger partial charge in [-0.05, 0) is 20.0 Å². The zero-order chi connectivity index (χ0) is 15.9. The minimum atomic E-state index is -2.33. The first-order valence-electron chi connectivity index (χ1n) is 5.14. The van der Waals surface area contributed by atoms with Crippen LogP contribution in [0.15, 0.2) is 0 Å². The van der Waals surface area contributed by atoms with Crippen molar-refractivity contribution >= 4 is 30.0 Å². The minimum absolute atomic E-state index is 0. The van der Waals surface area contributed by atoms with E-state index in [9.17, 15) is 19.2 Å². The Hall–Kier alpha value is -0.850. The van der Waals surface area contributed by atoms with E-state index >= 15 is 0 Å². The maximum atomic E-state index is 10.7. The van der Waals surface area contributed by atoms with Gasteiger partial charge >= 0.3 is 71.2 Å². The van der Waals surface area contributed by atoms with Gasteiger partial charge in [-0.1, -0.05) is 0 Å². The number of rotatable bonds is 0. The van der Waals surface area contributed by atoms with Crippen LogP contribution in [0.25, 0.3) is 0 Å². The quantitative estimate of drug-likeness (QED) is 0.251. The summed E-state index contributed by atoms with van der Waals surface area (Å²) in [7, 11) is 0. The Labute approximate surface area is 169 Å². The molecule has 2 fully saturated rings.